The van der Waals surface area contributed by atoms with E-state index in [-0.39, 0.29) is 29.2 Å². The number of benzene rings is 1. The van der Waals surface area contributed by atoms with Gasteiger partial charge in [0.15, 0.2) is 0 Å². The van der Waals surface area contributed by atoms with Crippen molar-refractivity contribution >= 4 is 0 Å². The number of nitrogens with zero attached hydrogens (tertiary/aromatic N) is 4. The van der Waals surface area contributed by atoms with Crippen LogP contribution >= 0.6 is 0 Å². The molecule has 0 aliphatic heterocycles. The summed E-state index contributed by atoms with van der Waals surface area (Å²) in [6.45, 7) is 3.77. The first-order valence-electron chi connectivity index (χ1n) is 7.80. The van der Waals surface area contributed by atoms with Crippen molar-refractivity contribution in [2.45, 2.75) is 26.4 Å². The molecule has 0 aliphatic carbocycles. The van der Waals surface area contributed by atoms with Gasteiger partial charge in [-0.25, -0.2) is 14.4 Å². The van der Waals surface area contributed by atoms with Crippen LogP contribution < -0.4 is 4.74 Å². The Morgan fingerprint density at radius 2 is 1.73 bits per heavy atom. The van der Waals surface area contributed by atoms with E-state index in [1.165, 1.54) is 18.5 Å². The Labute approximate surface area is 147 Å². The van der Waals surface area contributed by atoms with E-state index in [2.05, 4.69) is 20.2 Å². The number of aromatic nitrogens is 4. The molecule has 1 atom stereocenters. The lowest BCUT2D eigenvalue weighted by Gasteiger charge is -2.22. The summed E-state index contributed by atoms with van der Waals surface area (Å²) in [7, 11) is 0. The maximum Gasteiger partial charge on any atom is 0.316 e. The molecule has 0 amide bonds. The Kier molecular flexibility index (Phi) is 5.15. The minimum absolute atomic E-state index is 0.0179. The van der Waals surface area contributed by atoms with Crippen LogP contribution in [0.4, 0.5) is 13.2 Å². The number of rotatable bonds is 6. The molecule has 3 rings (SSSR count). The van der Waals surface area contributed by atoms with Crippen molar-refractivity contribution in [3.63, 3.8) is 0 Å². The van der Waals surface area contributed by atoms with Gasteiger partial charge >= 0.3 is 12.4 Å². The molecule has 2 aromatic heterocycles. The fourth-order valence-corrected chi connectivity index (χ4v) is 2.30. The molecule has 2 heterocycles. The molecule has 0 N–H and O–H groups in total. The number of hydrogen-bond acceptors (Lipinski definition) is 6. The van der Waals surface area contributed by atoms with Gasteiger partial charge in [0, 0.05) is 18.0 Å². The third kappa shape index (κ3) is 3.81. The van der Waals surface area contributed by atoms with E-state index in [1.54, 1.807) is 18.2 Å². The summed E-state index contributed by atoms with van der Waals surface area (Å²) in [6.07, 6.45) is -0.823. The van der Waals surface area contributed by atoms with Gasteiger partial charge in [-0.2, -0.15) is 8.78 Å². The Hall–Kier alpha value is -2.97. The summed E-state index contributed by atoms with van der Waals surface area (Å²) >= 11 is 0. The third-order valence-corrected chi connectivity index (χ3v) is 3.55. The zero-order valence-corrected chi connectivity index (χ0v) is 13.9. The summed E-state index contributed by atoms with van der Waals surface area (Å²) in [5, 5.41) is 6.76. The molecule has 0 bridgehead atoms. The van der Waals surface area contributed by atoms with E-state index < -0.39 is 18.4 Å². The summed E-state index contributed by atoms with van der Waals surface area (Å²) in [6, 6.07) is 6.33. The number of halogens is 3. The highest BCUT2D eigenvalue weighted by atomic mass is 19.3. The van der Waals surface area contributed by atoms with Gasteiger partial charge in [-0.05, 0) is 12.0 Å². The zero-order valence-electron chi connectivity index (χ0n) is 13.9. The van der Waals surface area contributed by atoms with E-state index in [0.29, 0.717) is 5.56 Å². The first kappa shape index (κ1) is 17.8. The van der Waals surface area contributed by atoms with Crippen LogP contribution in [-0.4, -0.2) is 20.2 Å². The van der Waals surface area contributed by atoms with Gasteiger partial charge in [-0.1, -0.05) is 32.0 Å². The second-order valence-electron chi connectivity index (χ2n) is 5.80. The van der Waals surface area contributed by atoms with Crippen LogP contribution in [0.5, 0.6) is 6.01 Å². The Balaban J connectivity index is 1.80. The molecule has 6 nitrogen and oxygen atoms in total. The minimum atomic E-state index is -2.85. The Morgan fingerprint density at radius 3 is 2.31 bits per heavy atom. The lowest BCUT2D eigenvalue weighted by atomic mass is 9.98. The van der Waals surface area contributed by atoms with Crippen LogP contribution in [0.25, 0.3) is 11.5 Å². The fourth-order valence-electron chi connectivity index (χ4n) is 2.30. The van der Waals surface area contributed by atoms with Gasteiger partial charge < -0.3 is 9.15 Å². The van der Waals surface area contributed by atoms with Crippen LogP contribution in [0.3, 0.4) is 0 Å². The quantitative estimate of drug-likeness (QED) is 0.646. The highest BCUT2D eigenvalue weighted by Crippen LogP contribution is 2.29. The zero-order chi connectivity index (χ0) is 18.7. The lowest BCUT2D eigenvalue weighted by Crippen LogP contribution is -2.17. The van der Waals surface area contributed by atoms with E-state index in [0.717, 1.165) is 0 Å². The average molecular weight is 364 g/mol. The smallest absolute Gasteiger partial charge is 0.316 e. The average Bonchev–Trinajstić information content (AvgIpc) is 3.11. The number of hydrogen-bond donors (Lipinski definition) is 0. The largest absolute Gasteiger partial charge is 0.455 e. The van der Waals surface area contributed by atoms with Gasteiger partial charge in [-0.3, -0.25) is 0 Å². The predicted molar refractivity (Wildman–Crippen MR) is 84.9 cm³/mol. The monoisotopic (exact) mass is 364 g/mol. The highest BCUT2D eigenvalue weighted by molar-refractivity contribution is 5.49. The van der Waals surface area contributed by atoms with Crippen LogP contribution in [0.1, 0.15) is 37.8 Å². The first-order chi connectivity index (χ1) is 12.5. The molecule has 0 spiro atoms. The predicted octanol–water partition coefficient (Wildman–Crippen LogP) is 4.38. The lowest BCUT2D eigenvalue weighted by molar-refractivity contribution is 0.116. The van der Waals surface area contributed by atoms with Crippen molar-refractivity contribution in [3.05, 3.63) is 53.9 Å². The summed E-state index contributed by atoms with van der Waals surface area (Å²) in [4.78, 5) is 8.03. The van der Waals surface area contributed by atoms with E-state index in [9.17, 15) is 13.2 Å². The van der Waals surface area contributed by atoms with Gasteiger partial charge in [-0.15, -0.1) is 10.2 Å². The van der Waals surface area contributed by atoms with Crippen molar-refractivity contribution in [1.29, 1.82) is 0 Å². The third-order valence-electron chi connectivity index (χ3n) is 3.55. The van der Waals surface area contributed by atoms with Crippen molar-refractivity contribution in [2.24, 2.45) is 5.92 Å². The normalized spacial score (nSPS) is 12.6. The molecular formula is C17H15F3N4O2. The van der Waals surface area contributed by atoms with Crippen LogP contribution in [0.15, 0.2) is 41.1 Å². The molecular weight excluding hydrogens is 349 g/mol. The number of ether oxygens (including phenoxy) is 1. The van der Waals surface area contributed by atoms with Crippen molar-refractivity contribution in [1.82, 2.24) is 20.2 Å². The minimum Gasteiger partial charge on any atom is -0.455 e. The van der Waals surface area contributed by atoms with E-state index in [4.69, 9.17) is 9.15 Å². The second-order valence-corrected chi connectivity index (χ2v) is 5.80. The molecule has 3 aromatic rings. The van der Waals surface area contributed by atoms with Crippen LogP contribution in [-0.2, 0) is 0 Å². The van der Waals surface area contributed by atoms with Gasteiger partial charge in [0.25, 0.3) is 11.8 Å². The topological polar surface area (TPSA) is 73.9 Å². The van der Waals surface area contributed by atoms with Crippen LogP contribution in [0, 0.1) is 11.7 Å². The maximum absolute atomic E-state index is 14.0. The summed E-state index contributed by atoms with van der Waals surface area (Å²) < 4.78 is 49.6. The molecule has 1 unspecified atom stereocenters. The molecule has 1 aromatic carbocycles. The summed E-state index contributed by atoms with van der Waals surface area (Å²) in [5.74, 6) is -1.32. The highest BCUT2D eigenvalue weighted by Gasteiger charge is 2.23. The summed E-state index contributed by atoms with van der Waals surface area (Å²) in [5.41, 5.74) is 0.664. The van der Waals surface area contributed by atoms with E-state index >= 15 is 0 Å². The molecule has 0 saturated carbocycles. The Bertz CT molecular complexity index is 868. The second kappa shape index (κ2) is 7.51. The van der Waals surface area contributed by atoms with Crippen molar-refractivity contribution in [2.75, 3.05) is 0 Å². The van der Waals surface area contributed by atoms with Crippen molar-refractivity contribution < 1.29 is 22.3 Å². The molecule has 136 valence electrons. The van der Waals surface area contributed by atoms with E-state index in [1.807, 2.05) is 13.8 Å². The van der Waals surface area contributed by atoms with Crippen LogP contribution in [0.2, 0.25) is 0 Å². The molecule has 9 heteroatoms. The maximum atomic E-state index is 14.0. The Morgan fingerprint density at radius 1 is 1.04 bits per heavy atom. The van der Waals surface area contributed by atoms with Crippen molar-refractivity contribution in [3.8, 4) is 17.5 Å². The van der Waals surface area contributed by atoms with Gasteiger partial charge in [0.05, 0.1) is 5.56 Å². The molecule has 26 heavy (non-hydrogen) atoms. The standard InChI is InChI=1S/C17H15F3N4O2/c1-9(2)13(11-5-3-4-6-12(11)18)25-17-21-7-10(8-22-17)15-23-24-16(26-15)14(19)20/h3-9,13-14H,1-2H3. The van der Waals surface area contributed by atoms with Gasteiger partial charge in [0.2, 0.25) is 0 Å². The van der Waals surface area contributed by atoms with Gasteiger partial charge in [0.1, 0.15) is 11.9 Å². The molecule has 0 saturated heterocycles. The molecule has 0 radical (unpaired) electrons. The first-order valence-corrected chi connectivity index (χ1v) is 7.80. The molecule has 0 fully saturated rings. The number of alkyl halides is 2. The SMILES string of the molecule is CC(C)C(Oc1ncc(-c2nnc(C(F)F)o2)cn1)c1ccccc1F. The fraction of sp³-hybridized carbons (Fsp3) is 0.294. The molecule has 0 aliphatic rings.